The first-order chi connectivity index (χ1) is 20.6. The summed E-state index contributed by atoms with van der Waals surface area (Å²) in [5.41, 5.74) is 4.52. The van der Waals surface area contributed by atoms with Crippen molar-refractivity contribution in [3.63, 3.8) is 0 Å². The highest BCUT2D eigenvalue weighted by Gasteiger charge is 2.20. The number of nitrogens with zero attached hydrogens (tertiary/aromatic N) is 1. The summed E-state index contributed by atoms with van der Waals surface area (Å²) in [5, 5.41) is 5.09. The van der Waals surface area contributed by atoms with Crippen molar-refractivity contribution in [2.24, 2.45) is 5.10 Å². The highest BCUT2D eigenvalue weighted by molar-refractivity contribution is 7.92. The molecule has 0 aliphatic rings. The van der Waals surface area contributed by atoms with Crippen LogP contribution in [0.15, 0.2) is 101 Å². The molecular weight excluding hydrogens is 610 g/mol. The summed E-state index contributed by atoms with van der Waals surface area (Å²) in [6.07, 6.45) is 1.40. The molecule has 1 amide bonds. The Morgan fingerprint density at radius 3 is 2.35 bits per heavy atom. The monoisotopic (exact) mass is 633 g/mol. The second kappa shape index (κ2) is 12.7. The molecule has 0 aliphatic carbocycles. The molecule has 0 spiro atoms. The average molecular weight is 634 g/mol. The highest BCUT2D eigenvalue weighted by Crippen LogP contribution is 2.37. The number of ether oxygens (including phenoxy) is 2. The quantitative estimate of drug-likeness (QED) is 0.0810. The van der Waals surface area contributed by atoms with E-state index in [0.717, 1.165) is 15.6 Å². The molecule has 0 bridgehead atoms. The molecule has 12 heteroatoms. The maximum absolute atomic E-state index is 12.8. The Bertz CT molecular complexity index is 1950. The summed E-state index contributed by atoms with van der Waals surface area (Å²) in [7, 11) is -2.33. The fraction of sp³-hybridized carbons (Fsp3) is 0.0645. The van der Waals surface area contributed by atoms with Gasteiger partial charge < -0.3 is 9.47 Å². The number of thiophene rings is 1. The number of hydrazone groups is 1. The molecule has 0 unspecified atom stereocenters. The van der Waals surface area contributed by atoms with Crippen LogP contribution in [0.5, 0.6) is 11.5 Å². The van der Waals surface area contributed by atoms with Crippen molar-refractivity contribution in [3.8, 4) is 11.5 Å². The van der Waals surface area contributed by atoms with E-state index in [1.165, 1.54) is 61.1 Å². The van der Waals surface area contributed by atoms with Gasteiger partial charge in [-0.25, -0.2) is 18.6 Å². The SMILES string of the molecule is COc1cc(C=NNC(=O)c2ccc(NS(=O)(=O)c3ccc(C)cc3)cc2)ccc1OC(=O)c1sc2ccccc2c1Cl. The number of rotatable bonds is 9. The van der Waals surface area contributed by atoms with Crippen LogP contribution in [0.4, 0.5) is 5.69 Å². The minimum atomic E-state index is -3.76. The largest absolute Gasteiger partial charge is 0.493 e. The Hall–Kier alpha value is -4.71. The molecule has 0 saturated carbocycles. The molecule has 5 aromatic rings. The van der Waals surface area contributed by atoms with E-state index < -0.39 is 21.9 Å². The van der Waals surface area contributed by atoms with Crippen molar-refractivity contribution in [1.29, 1.82) is 0 Å². The van der Waals surface area contributed by atoms with Gasteiger partial charge >= 0.3 is 5.97 Å². The fourth-order valence-corrected chi connectivity index (χ4v) is 6.43. The molecule has 9 nitrogen and oxygen atoms in total. The van der Waals surface area contributed by atoms with E-state index in [2.05, 4.69) is 15.2 Å². The number of fused-ring (bicyclic) bond motifs is 1. The van der Waals surface area contributed by atoms with Gasteiger partial charge in [0.15, 0.2) is 11.5 Å². The highest BCUT2D eigenvalue weighted by atomic mass is 35.5. The third-order valence-electron chi connectivity index (χ3n) is 6.22. The van der Waals surface area contributed by atoms with Crippen molar-refractivity contribution in [1.82, 2.24) is 5.43 Å². The summed E-state index contributed by atoms with van der Waals surface area (Å²) in [4.78, 5) is 25.8. The molecule has 0 aliphatic heterocycles. The maximum Gasteiger partial charge on any atom is 0.355 e. The number of halogens is 1. The molecule has 1 aromatic heterocycles. The van der Waals surface area contributed by atoms with Gasteiger partial charge in [0, 0.05) is 21.3 Å². The van der Waals surface area contributed by atoms with Crippen molar-refractivity contribution in [3.05, 3.63) is 118 Å². The number of nitrogens with one attached hydrogen (secondary N) is 2. The normalized spacial score (nSPS) is 11.4. The number of hydrogen-bond acceptors (Lipinski definition) is 8. The lowest BCUT2D eigenvalue weighted by Gasteiger charge is -2.09. The minimum absolute atomic E-state index is 0.137. The molecule has 0 atom stereocenters. The topological polar surface area (TPSA) is 123 Å². The summed E-state index contributed by atoms with van der Waals surface area (Å²) in [6.45, 7) is 1.87. The lowest BCUT2D eigenvalue weighted by atomic mass is 10.2. The third-order valence-corrected chi connectivity index (χ3v) is 9.27. The van der Waals surface area contributed by atoms with Crippen LogP contribution in [0.2, 0.25) is 5.02 Å². The second-order valence-electron chi connectivity index (χ2n) is 9.24. The van der Waals surface area contributed by atoms with Crippen LogP contribution < -0.4 is 19.6 Å². The van der Waals surface area contributed by atoms with Gasteiger partial charge in [-0.2, -0.15) is 5.10 Å². The molecule has 4 aromatic carbocycles. The average Bonchev–Trinajstić information content (AvgIpc) is 3.34. The van der Waals surface area contributed by atoms with Gasteiger partial charge in [0.2, 0.25) is 0 Å². The van der Waals surface area contributed by atoms with Gasteiger partial charge in [-0.05, 0) is 73.2 Å². The summed E-state index contributed by atoms with van der Waals surface area (Å²) < 4.78 is 39.5. The number of methoxy groups -OCH3 is 1. The number of aryl methyl sites for hydroxylation is 1. The molecule has 43 heavy (non-hydrogen) atoms. The van der Waals surface area contributed by atoms with Crippen LogP contribution in [0.25, 0.3) is 10.1 Å². The lowest BCUT2D eigenvalue weighted by Crippen LogP contribution is -2.18. The number of carbonyl (C=O) groups excluding carboxylic acids is 2. The van der Waals surface area contributed by atoms with E-state index in [1.54, 1.807) is 30.3 Å². The minimum Gasteiger partial charge on any atom is -0.493 e. The zero-order valence-electron chi connectivity index (χ0n) is 22.8. The van der Waals surface area contributed by atoms with E-state index in [4.69, 9.17) is 21.1 Å². The summed E-state index contributed by atoms with van der Waals surface area (Å²) >= 11 is 7.65. The van der Waals surface area contributed by atoms with Gasteiger partial charge in [0.05, 0.1) is 23.2 Å². The van der Waals surface area contributed by atoms with Gasteiger partial charge in [0.1, 0.15) is 4.88 Å². The third kappa shape index (κ3) is 6.86. The van der Waals surface area contributed by atoms with Crippen LogP contribution in [0, 0.1) is 6.92 Å². The number of hydrogen-bond donors (Lipinski definition) is 2. The molecule has 0 radical (unpaired) electrons. The van der Waals surface area contributed by atoms with Crippen molar-refractivity contribution >= 4 is 66.8 Å². The lowest BCUT2D eigenvalue weighted by molar-refractivity contribution is 0.0734. The Morgan fingerprint density at radius 1 is 0.930 bits per heavy atom. The predicted molar refractivity (Wildman–Crippen MR) is 168 cm³/mol. The van der Waals surface area contributed by atoms with Gasteiger partial charge in [-0.3, -0.25) is 9.52 Å². The maximum atomic E-state index is 12.8. The van der Waals surface area contributed by atoms with Crippen LogP contribution in [0.1, 0.15) is 31.2 Å². The van der Waals surface area contributed by atoms with Crippen LogP contribution in [-0.4, -0.2) is 33.6 Å². The fourth-order valence-electron chi connectivity index (χ4n) is 3.99. The van der Waals surface area contributed by atoms with E-state index in [9.17, 15) is 18.0 Å². The van der Waals surface area contributed by atoms with Gasteiger partial charge in [0.25, 0.3) is 15.9 Å². The first-order valence-corrected chi connectivity index (χ1v) is 15.4. The standard InChI is InChI=1S/C31H24ClN3O6S2/c1-19-7-14-23(15-8-19)43(38,39)35-22-12-10-21(11-13-22)30(36)34-33-18-20-9-16-25(26(17-20)40-2)41-31(37)29-28(32)24-5-3-4-6-27(24)42-29/h3-18,35H,1-2H3,(H,34,36). The number of carbonyl (C=O) groups is 2. The van der Waals surface area contributed by atoms with Crippen LogP contribution in [0.3, 0.4) is 0 Å². The number of sulfonamides is 1. The predicted octanol–water partition coefficient (Wildman–Crippen LogP) is 6.66. The van der Waals surface area contributed by atoms with E-state index in [1.807, 2.05) is 31.2 Å². The Morgan fingerprint density at radius 2 is 1.65 bits per heavy atom. The Balaban J connectivity index is 1.20. The number of esters is 1. The summed E-state index contributed by atoms with van der Waals surface area (Å²) in [6, 6.07) is 24.6. The van der Waals surface area contributed by atoms with Crippen LogP contribution >= 0.6 is 22.9 Å². The van der Waals surface area contributed by atoms with E-state index in [-0.39, 0.29) is 26.8 Å². The first-order valence-electron chi connectivity index (χ1n) is 12.7. The molecule has 2 N–H and O–H groups in total. The smallest absolute Gasteiger partial charge is 0.355 e. The number of benzene rings is 4. The zero-order chi connectivity index (χ0) is 30.6. The first kappa shape index (κ1) is 29.8. The molecule has 218 valence electrons. The second-order valence-corrected chi connectivity index (χ2v) is 12.3. The van der Waals surface area contributed by atoms with E-state index >= 15 is 0 Å². The van der Waals surface area contributed by atoms with Gasteiger partial charge in [-0.15, -0.1) is 11.3 Å². The Kier molecular flexibility index (Phi) is 8.76. The van der Waals surface area contributed by atoms with Crippen molar-refractivity contribution in [2.75, 3.05) is 11.8 Å². The zero-order valence-corrected chi connectivity index (χ0v) is 25.2. The molecule has 1 heterocycles. The molecule has 5 rings (SSSR count). The number of amides is 1. The molecule has 0 saturated heterocycles. The molecule has 0 fully saturated rings. The van der Waals surface area contributed by atoms with E-state index in [0.29, 0.717) is 16.3 Å². The number of anilines is 1. The van der Waals surface area contributed by atoms with Crippen LogP contribution in [-0.2, 0) is 10.0 Å². The Labute approximate surface area is 256 Å². The summed E-state index contributed by atoms with van der Waals surface area (Å²) in [5.74, 6) is -0.626. The van der Waals surface area contributed by atoms with Crippen molar-refractivity contribution in [2.45, 2.75) is 11.8 Å². The molecular formula is C31H24ClN3O6S2. The van der Waals surface area contributed by atoms with Gasteiger partial charge in [-0.1, -0.05) is 47.5 Å². The van der Waals surface area contributed by atoms with Crippen molar-refractivity contribution < 1.29 is 27.5 Å².